The molecular formula is C18H19ClN2O3S. The number of amides is 1. The maximum Gasteiger partial charge on any atom is 0.262 e. The number of halogens is 1. The highest BCUT2D eigenvalue weighted by Crippen LogP contribution is 2.23. The summed E-state index contributed by atoms with van der Waals surface area (Å²) in [5.74, 6) is -0.00890. The molecule has 3 rings (SSSR count). The van der Waals surface area contributed by atoms with Gasteiger partial charge in [-0.05, 0) is 55.2 Å². The second-order valence-electron chi connectivity index (χ2n) is 6.23. The van der Waals surface area contributed by atoms with Gasteiger partial charge in [-0.2, -0.15) is 0 Å². The maximum atomic E-state index is 12.5. The lowest BCUT2D eigenvalue weighted by Gasteiger charge is -2.11. The van der Waals surface area contributed by atoms with Crippen LogP contribution in [0.3, 0.4) is 0 Å². The van der Waals surface area contributed by atoms with Crippen LogP contribution in [-0.2, 0) is 21.2 Å². The maximum absolute atomic E-state index is 12.5. The second-order valence-corrected chi connectivity index (χ2v) is 8.32. The number of benzene rings is 2. The van der Waals surface area contributed by atoms with Gasteiger partial charge in [0.1, 0.15) is 0 Å². The van der Waals surface area contributed by atoms with Crippen molar-refractivity contribution in [3.05, 3.63) is 58.6 Å². The van der Waals surface area contributed by atoms with Crippen LogP contribution in [0.5, 0.6) is 0 Å². The Balaban J connectivity index is 1.69. The molecule has 0 heterocycles. The molecule has 2 N–H and O–H groups in total. The first-order valence-corrected chi connectivity index (χ1v) is 9.87. The van der Waals surface area contributed by atoms with Gasteiger partial charge in [0.15, 0.2) is 0 Å². The number of anilines is 1. The highest BCUT2D eigenvalue weighted by molar-refractivity contribution is 7.92. The van der Waals surface area contributed by atoms with Crippen molar-refractivity contribution < 1.29 is 13.2 Å². The minimum absolute atomic E-state index is 0.00890. The molecule has 0 aromatic heterocycles. The molecule has 0 aliphatic heterocycles. The molecule has 1 aliphatic rings. The smallest absolute Gasteiger partial charge is 0.262 e. The number of nitrogens with one attached hydrogen (secondary N) is 2. The molecular weight excluding hydrogens is 360 g/mol. The summed E-state index contributed by atoms with van der Waals surface area (Å²) in [6.07, 6.45) is 2.39. The van der Waals surface area contributed by atoms with Gasteiger partial charge in [-0.3, -0.25) is 9.52 Å². The number of carbonyl (C=O) groups excluding carboxylic acids is 1. The van der Waals surface area contributed by atoms with Gasteiger partial charge in [-0.15, -0.1) is 0 Å². The minimum Gasteiger partial charge on any atom is -0.353 e. The molecule has 0 bridgehead atoms. The molecule has 25 heavy (non-hydrogen) atoms. The minimum atomic E-state index is -3.72. The van der Waals surface area contributed by atoms with Gasteiger partial charge in [0.25, 0.3) is 10.0 Å². The summed E-state index contributed by atoms with van der Waals surface area (Å²) in [6, 6.07) is 11.9. The van der Waals surface area contributed by atoms with E-state index in [1.165, 1.54) is 6.07 Å². The third-order valence-corrected chi connectivity index (χ3v) is 5.71. The first kappa shape index (κ1) is 17.8. The zero-order valence-corrected chi connectivity index (χ0v) is 15.3. The van der Waals surface area contributed by atoms with Crippen molar-refractivity contribution in [2.75, 3.05) is 4.72 Å². The fourth-order valence-corrected chi connectivity index (χ4v) is 4.02. The Kier molecular flexibility index (Phi) is 5.01. The summed E-state index contributed by atoms with van der Waals surface area (Å²) in [6.45, 7) is 1.71. The lowest BCUT2D eigenvalue weighted by molar-refractivity contribution is -0.120. The summed E-state index contributed by atoms with van der Waals surface area (Å²) in [7, 11) is -3.72. The Morgan fingerprint density at radius 2 is 1.84 bits per heavy atom. The van der Waals surface area contributed by atoms with E-state index in [9.17, 15) is 13.2 Å². The van der Waals surface area contributed by atoms with Crippen LogP contribution in [0.2, 0.25) is 5.02 Å². The molecule has 0 radical (unpaired) electrons. The Hall–Kier alpha value is -2.05. The van der Waals surface area contributed by atoms with Gasteiger partial charge in [0.2, 0.25) is 5.91 Å². The predicted octanol–water partition coefficient (Wildman–Crippen LogP) is 3.27. The largest absolute Gasteiger partial charge is 0.353 e. The summed E-state index contributed by atoms with van der Waals surface area (Å²) < 4.78 is 27.6. The van der Waals surface area contributed by atoms with Gasteiger partial charge in [-0.1, -0.05) is 29.8 Å². The predicted molar refractivity (Wildman–Crippen MR) is 98.3 cm³/mol. The Morgan fingerprint density at radius 3 is 2.48 bits per heavy atom. The van der Waals surface area contributed by atoms with Crippen molar-refractivity contribution in [2.45, 2.75) is 37.1 Å². The van der Waals surface area contributed by atoms with Gasteiger partial charge >= 0.3 is 0 Å². The average molecular weight is 379 g/mol. The topological polar surface area (TPSA) is 75.3 Å². The van der Waals surface area contributed by atoms with E-state index >= 15 is 0 Å². The number of aryl methyl sites for hydroxylation is 1. The zero-order chi connectivity index (χ0) is 18.0. The SMILES string of the molecule is Cc1ccc(Cl)cc1S(=O)(=O)Nc1ccc(CC(=O)NC2CC2)cc1. The highest BCUT2D eigenvalue weighted by Gasteiger charge is 2.23. The fraction of sp³-hybridized carbons (Fsp3) is 0.278. The van der Waals surface area contributed by atoms with E-state index in [1.54, 1.807) is 43.3 Å². The molecule has 1 aliphatic carbocycles. The van der Waals surface area contributed by atoms with Gasteiger partial charge in [0, 0.05) is 16.8 Å². The first-order chi connectivity index (χ1) is 11.8. The zero-order valence-electron chi connectivity index (χ0n) is 13.8. The van der Waals surface area contributed by atoms with E-state index in [1.807, 2.05) is 0 Å². The normalized spacial score (nSPS) is 14.2. The molecule has 7 heteroatoms. The van der Waals surface area contributed by atoms with Crippen molar-refractivity contribution in [3.63, 3.8) is 0 Å². The first-order valence-electron chi connectivity index (χ1n) is 8.01. The standard InChI is InChI=1S/C18H19ClN2O3S/c1-12-2-5-14(19)11-17(12)25(23,24)21-16-6-3-13(4-7-16)10-18(22)20-15-8-9-15/h2-7,11,15,21H,8-10H2,1H3,(H,20,22). The lowest BCUT2D eigenvalue weighted by Crippen LogP contribution is -2.26. The Labute approximate surface area is 152 Å². The van der Waals surface area contributed by atoms with E-state index in [0.717, 1.165) is 18.4 Å². The summed E-state index contributed by atoms with van der Waals surface area (Å²) in [5.41, 5.74) is 1.89. The van der Waals surface area contributed by atoms with Crippen molar-refractivity contribution >= 4 is 33.2 Å². The third kappa shape index (κ3) is 4.74. The van der Waals surface area contributed by atoms with Crippen LogP contribution < -0.4 is 10.0 Å². The van der Waals surface area contributed by atoms with Crippen molar-refractivity contribution in [1.82, 2.24) is 5.32 Å². The highest BCUT2D eigenvalue weighted by atomic mass is 35.5. The fourth-order valence-electron chi connectivity index (χ4n) is 2.46. The lowest BCUT2D eigenvalue weighted by atomic mass is 10.1. The molecule has 132 valence electrons. The number of carbonyl (C=O) groups is 1. The molecule has 1 saturated carbocycles. The van der Waals surface area contributed by atoms with Crippen LogP contribution in [-0.4, -0.2) is 20.4 Å². The van der Waals surface area contributed by atoms with Crippen LogP contribution >= 0.6 is 11.6 Å². The molecule has 0 spiro atoms. The van der Waals surface area contributed by atoms with Crippen LogP contribution in [0.1, 0.15) is 24.0 Å². The van der Waals surface area contributed by atoms with Gasteiger partial charge < -0.3 is 5.32 Å². The van der Waals surface area contributed by atoms with Crippen LogP contribution in [0.15, 0.2) is 47.4 Å². The van der Waals surface area contributed by atoms with E-state index in [-0.39, 0.29) is 17.2 Å². The average Bonchev–Trinajstić information content (AvgIpc) is 3.35. The monoisotopic (exact) mass is 378 g/mol. The van der Waals surface area contributed by atoms with Gasteiger partial charge in [0.05, 0.1) is 11.3 Å². The molecule has 1 amide bonds. The molecule has 5 nitrogen and oxygen atoms in total. The third-order valence-electron chi connectivity index (χ3n) is 3.95. The number of rotatable bonds is 6. The van der Waals surface area contributed by atoms with Gasteiger partial charge in [-0.25, -0.2) is 8.42 Å². The van der Waals surface area contributed by atoms with Crippen LogP contribution in [0.4, 0.5) is 5.69 Å². The van der Waals surface area contributed by atoms with E-state index < -0.39 is 10.0 Å². The van der Waals surface area contributed by atoms with E-state index in [0.29, 0.717) is 22.3 Å². The summed E-state index contributed by atoms with van der Waals surface area (Å²) in [5, 5.41) is 3.29. The Bertz CT molecular complexity index is 891. The number of hydrogen-bond acceptors (Lipinski definition) is 3. The van der Waals surface area contributed by atoms with Crippen molar-refractivity contribution in [1.29, 1.82) is 0 Å². The van der Waals surface area contributed by atoms with E-state index in [2.05, 4.69) is 10.0 Å². The molecule has 0 unspecified atom stereocenters. The van der Waals surface area contributed by atoms with Crippen molar-refractivity contribution in [3.8, 4) is 0 Å². The van der Waals surface area contributed by atoms with Crippen LogP contribution in [0.25, 0.3) is 0 Å². The van der Waals surface area contributed by atoms with E-state index in [4.69, 9.17) is 11.6 Å². The molecule has 0 saturated heterocycles. The Morgan fingerprint density at radius 1 is 1.16 bits per heavy atom. The second kappa shape index (κ2) is 7.06. The van der Waals surface area contributed by atoms with Crippen LogP contribution in [0, 0.1) is 6.92 Å². The number of hydrogen-bond donors (Lipinski definition) is 2. The molecule has 1 fully saturated rings. The molecule has 2 aromatic carbocycles. The quantitative estimate of drug-likeness (QED) is 0.810. The summed E-state index contributed by atoms with van der Waals surface area (Å²) in [4.78, 5) is 11.9. The van der Waals surface area contributed by atoms with Crippen molar-refractivity contribution in [2.24, 2.45) is 0 Å². The molecule has 2 aromatic rings. The number of sulfonamides is 1. The summed E-state index contributed by atoms with van der Waals surface area (Å²) >= 11 is 5.91. The molecule has 0 atom stereocenters.